The maximum atomic E-state index is 8.79. The molecule has 0 spiro atoms. The molecule has 16 heavy (non-hydrogen) atoms. The molecule has 0 bridgehead atoms. The molecule has 1 aliphatic rings. The predicted molar refractivity (Wildman–Crippen MR) is 69.5 cm³/mol. The van der Waals surface area contributed by atoms with E-state index in [0.29, 0.717) is 5.56 Å². The van der Waals surface area contributed by atoms with Crippen LogP contribution in [-0.2, 0) is 0 Å². The summed E-state index contributed by atoms with van der Waals surface area (Å²) >= 11 is 3.53. The van der Waals surface area contributed by atoms with Crippen molar-refractivity contribution in [2.75, 3.05) is 18.0 Å². The van der Waals surface area contributed by atoms with E-state index >= 15 is 0 Å². The van der Waals surface area contributed by atoms with Gasteiger partial charge in [-0.2, -0.15) is 5.26 Å². The van der Waals surface area contributed by atoms with Crippen molar-refractivity contribution < 1.29 is 0 Å². The second-order valence-electron chi connectivity index (χ2n) is 4.34. The number of anilines is 1. The minimum atomic E-state index is 0.709. The first-order valence-electron chi connectivity index (χ1n) is 5.69. The summed E-state index contributed by atoms with van der Waals surface area (Å²) in [6, 6.07) is 7.96. The average Bonchev–Trinajstić information content (AvgIpc) is 2.23. The molecule has 1 aromatic rings. The van der Waals surface area contributed by atoms with Crippen molar-refractivity contribution in [2.45, 2.75) is 19.8 Å². The Kier molecular flexibility index (Phi) is 3.50. The SMILES string of the molecule is CCCC1CN(c2ccc(C#N)cc2Br)C1. The van der Waals surface area contributed by atoms with Gasteiger partial charge in [0, 0.05) is 17.6 Å². The topological polar surface area (TPSA) is 27.0 Å². The average molecular weight is 279 g/mol. The van der Waals surface area contributed by atoms with E-state index in [0.717, 1.165) is 23.5 Å². The van der Waals surface area contributed by atoms with E-state index in [2.05, 4.69) is 33.8 Å². The molecule has 0 radical (unpaired) electrons. The van der Waals surface area contributed by atoms with Crippen molar-refractivity contribution in [3.8, 4) is 6.07 Å². The summed E-state index contributed by atoms with van der Waals surface area (Å²) in [7, 11) is 0. The first kappa shape index (κ1) is 11.5. The Morgan fingerprint density at radius 3 is 2.81 bits per heavy atom. The molecule has 0 N–H and O–H groups in total. The van der Waals surface area contributed by atoms with Gasteiger partial charge in [0.05, 0.1) is 17.3 Å². The summed E-state index contributed by atoms with van der Waals surface area (Å²) in [5.74, 6) is 0.854. The summed E-state index contributed by atoms with van der Waals surface area (Å²) in [4.78, 5) is 2.37. The molecule has 2 nitrogen and oxygen atoms in total. The number of hydrogen-bond donors (Lipinski definition) is 0. The molecular formula is C13H15BrN2. The maximum absolute atomic E-state index is 8.79. The molecule has 0 unspecified atom stereocenters. The van der Waals surface area contributed by atoms with Crippen molar-refractivity contribution >= 4 is 21.6 Å². The highest BCUT2D eigenvalue weighted by Gasteiger charge is 2.26. The predicted octanol–water partition coefficient (Wildman–Crippen LogP) is 3.56. The van der Waals surface area contributed by atoms with Crippen molar-refractivity contribution in [3.63, 3.8) is 0 Å². The minimum absolute atomic E-state index is 0.709. The fourth-order valence-electron chi connectivity index (χ4n) is 2.19. The second-order valence-corrected chi connectivity index (χ2v) is 5.19. The second kappa shape index (κ2) is 4.88. The van der Waals surface area contributed by atoms with E-state index in [9.17, 15) is 0 Å². The zero-order valence-corrected chi connectivity index (χ0v) is 11.0. The number of nitrogens with zero attached hydrogens (tertiary/aromatic N) is 2. The summed E-state index contributed by atoms with van der Waals surface area (Å²) in [6.45, 7) is 4.54. The van der Waals surface area contributed by atoms with Gasteiger partial charge < -0.3 is 4.90 Å². The van der Waals surface area contributed by atoms with Crippen LogP contribution in [0.1, 0.15) is 25.3 Å². The Labute approximate surface area is 105 Å². The lowest BCUT2D eigenvalue weighted by Crippen LogP contribution is -2.46. The third-order valence-electron chi connectivity index (χ3n) is 3.07. The number of rotatable bonds is 3. The third kappa shape index (κ3) is 2.22. The molecule has 1 heterocycles. The normalized spacial score (nSPS) is 15.7. The Hall–Kier alpha value is -1.01. The van der Waals surface area contributed by atoms with E-state index in [1.807, 2.05) is 18.2 Å². The van der Waals surface area contributed by atoms with E-state index in [1.54, 1.807) is 0 Å². The lowest BCUT2D eigenvalue weighted by Gasteiger charge is -2.41. The van der Waals surface area contributed by atoms with Crippen molar-refractivity contribution in [1.82, 2.24) is 0 Å². The maximum Gasteiger partial charge on any atom is 0.0992 e. The van der Waals surface area contributed by atoms with Crippen molar-refractivity contribution in [3.05, 3.63) is 28.2 Å². The van der Waals surface area contributed by atoms with Gasteiger partial charge in [-0.05, 0) is 46.5 Å². The fraction of sp³-hybridized carbons (Fsp3) is 0.462. The van der Waals surface area contributed by atoms with Gasteiger partial charge in [0.2, 0.25) is 0 Å². The van der Waals surface area contributed by atoms with Crippen LogP contribution in [0.2, 0.25) is 0 Å². The van der Waals surface area contributed by atoms with Crippen LogP contribution in [0.25, 0.3) is 0 Å². The van der Waals surface area contributed by atoms with Crippen LogP contribution in [0, 0.1) is 17.2 Å². The third-order valence-corrected chi connectivity index (χ3v) is 3.71. The molecule has 0 aromatic heterocycles. The Morgan fingerprint density at radius 1 is 1.50 bits per heavy atom. The number of benzene rings is 1. The molecular weight excluding hydrogens is 264 g/mol. The highest BCUT2D eigenvalue weighted by molar-refractivity contribution is 9.10. The van der Waals surface area contributed by atoms with Crippen LogP contribution in [0.3, 0.4) is 0 Å². The van der Waals surface area contributed by atoms with E-state index in [-0.39, 0.29) is 0 Å². The van der Waals surface area contributed by atoms with Crippen molar-refractivity contribution in [1.29, 1.82) is 5.26 Å². The van der Waals surface area contributed by atoms with Gasteiger partial charge in [-0.1, -0.05) is 13.3 Å². The summed E-state index contributed by atoms with van der Waals surface area (Å²) < 4.78 is 1.03. The molecule has 84 valence electrons. The molecule has 0 aliphatic carbocycles. The van der Waals surface area contributed by atoms with E-state index in [4.69, 9.17) is 5.26 Å². The highest BCUT2D eigenvalue weighted by atomic mass is 79.9. The lowest BCUT2D eigenvalue weighted by molar-refractivity contribution is 0.380. The van der Waals surface area contributed by atoms with Crippen LogP contribution < -0.4 is 4.90 Å². The van der Waals surface area contributed by atoms with Crippen molar-refractivity contribution in [2.24, 2.45) is 5.92 Å². The molecule has 1 saturated heterocycles. The monoisotopic (exact) mass is 278 g/mol. The number of halogens is 1. The minimum Gasteiger partial charge on any atom is -0.370 e. The zero-order chi connectivity index (χ0) is 11.5. The molecule has 2 rings (SSSR count). The van der Waals surface area contributed by atoms with Crippen LogP contribution in [0.4, 0.5) is 5.69 Å². The quantitative estimate of drug-likeness (QED) is 0.846. The lowest BCUT2D eigenvalue weighted by atomic mass is 9.94. The van der Waals surface area contributed by atoms with Gasteiger partial charge in [-0.3, -0.25) is 0 Å². The fourth-order valence-corrected chi connectivity index (χ4v) is 2.82. The van der Waals surface area contributed by atoms with Crippen LogP contribution >= 0.6 is 15.9 Å². The Bertz CT molecular complexity index is 416. The van der Waals surface area contributed by atoms with Gasteiger partial charge in [-0.15, -0.1) is 0 Å². The van der Waals surface area contributed by atoms with Gasteiger partial charge in [0.25, 0.3) is 0 Å². The largest absolute Gasteiger partial charge is 0.370 e. The standard InChI is InChI=1S/C13H15BrN2/c1-2-3-11-8-16(9-11)13-5-4-10(7-15)6-12(13)14/h4-6,11H,2-3,8-9H2,1H3. The summed E-state index contributed by atoms with van der Waals surface area (Å²) in [6.07, 6.45) is 2.59. The summed E-state index contributed by atoms with van der Waals surface area (Å²) in [5, 5.41) is 8.79. The van der Waals surface area contributed by atoms with Gasteiger partial charge in [-0.25, -0.2) is 0 Å². The van der Waals surface area contributed by atoms with Crippen LogP contribution in [-0.4, -0.2) is 13.1 Å². The Balaban J connectivity index is 2.04. The molecule has 1 aromatic carbocycles. The molecule has 3 heteroatoms. The zero-order valence-electron chi connectivity index (χ0n) is 9.41. The first-order chi connectivity index (χ1) is 7.74. The number of hydrogen-bond acceptors (Lipinski definition) is 2. The van der Waals surface area contributed by atoms with Gasteiger partial charge in [0.1, 0.15) is 0 Å². The summed E-state index contributed by atoms with van der Waals surface area (Å²) in [5.41, 5.74) is 1.92. The Morgan fingerprint density at radius 2 is 2.25 bits per heavy atom. The highest BCUT2D eigenvalue weighted by Crippen LogP contribution is 2.33. The van der Waals surface area contributed by atoms with E-state index < -0.39 is 0 Å². The van der Waals surface area contributed by atoms with Gasteiger partial charge in [0.15, 0.2) is 0 Å². The van der Waals surface area contributed by atoms with Crippen LogP contribution in [0.5, 0.6) is 0 Å². The van der Waals surface area contributed by atoms with E-state index in [1.165, 1.54) is 18.5 Å². The number of nitriles is 1. The first-order valence-corrected chi connectivity index (χ1v) is 6.48. The smallest absolute Gasteiger partial charge is 0.0992 e. The van der Waals surface area contributed by atoms with Crippen LogP contribution in [0.15, 0.2) is 22.7 Å². The molecule has 1 aliphatic heterocycles. The molecule has 0 atom stereocenters. The molecule has 0 saturated carbocycles. The van der Waals surface area contributed by atoms with Gasteiger partial charge >= 0.3 is 0 Å². The molecule has 1 fully saturated rings. The molecule has 0 amide bonds.